The van der Waals surface area contributed by atoms with E-state index in [0.717, 1.165) is 54.9 Å². The van der Waals surface area contributed by atoms with Crippen LogP contribution in [0.1, 0.15) is 23.4 Å². The molecule has 2 N–H and O–H groups in total. The zero-order chi connectivity index (χ0) is 21.6. The van der Waals surface area contributed by atoms with Crippen molar-refractivity contribution in [1.82, 2.24) is 19.9 Å². The first kappa shape index (κ1) is 21.1. The van der Waals surface area contributed by atoms with Crippen molar-refractivity contribution in [1.29, 1.82) is 0 Å². The maximum Gasteiger partial charge on any atom is 0.321 e. The van der Waals surface area contributed by atoms with E-state index in [1.165, 1.54) is 4.88 Å². The average molecular weight is 436 g/mol. The van der Waals surface area contributed by atoms with Gasteiger partial charge in [0, 0.05) is 42.0 Å². The Morgan fingerprint density at radius 2 is 2.06 bits per heavy atom. The minimum Gasteiger partial charge on any atom is -0.478 e. The van der Waals surface area contributed by atoms with Gasteiger partial charge in [-0.25, -0.2) is 14.8 Å². The number of carbonyl (C=O) groups excluding carboxylic acids is 1. The van der Waals surface area contributed by atoms with Crippen LogP contribution in [0.15, 0.2) is 36.0 Å². The van der Waals surface area contributed by atoms with Crippen LogP contribution >= 0.6 is 11.3 Å². The number of carbonyl (C=O) groups is 1. The van der Waals surface area contributed by atoms with E-state index in [1.807, 2.05) is 49.4 Å². The maximum atomic E-state index is 12.3. The highest BCUT2D eigenvalue weighted by atomic mass is 32.1. The topological polar surface area (TPSA) is 92.3 Å². The largest absolute Gasteiger partial charge is 0.478 e. The second-order valence-corrected chi connectivity index (χ2v) is 8.41. The van der Waals surface area contributed by atoms with E-state index >= 15 is 0 Å². The second kappa shape index (κ2) is 9.78. The molecular weight excluding hydrogens is 411 g/mol. The van der Waals surface area contributed by atoms with Crippen LogP contribution in [0.2, 0.25) is 0 Å². The van der Waals surface area contributed by atoms with Gasteiger partial charge in [0.1, 0.15) is 7.85 Å². The van der Waals surface area contributed by atoms with E-state index in [4.69, 9.17) is 4.74 Å². The summed E-state index contributed by atoms with van der Waals surface area (Å²) in [5.74, 6) is 0.996. The second-order valence-electron chi connectivity index (χ2n) is 7.47. The fourth-order valence-electron chi connectivity index (χ4n) is 3.37. The molecule has 4 rings (SSSR count). The first-order chi connectivity index (χ1) is 15.1. The SMILES string of the molecule is Bc1cnc(Nc2cccc(NC(=O)N3CCCC3)c2)nc1OCCc1scnc1C. The van der Waals surface area contributed by atoms with Crippen molar-refractivity contribution in [2.24, 2.45) is 0 Å². The Labute approximate surface area is 186 Å². The molecule has 8 nitrogen and oxygen atoms in total. The molecule has 1 aliphatic heterocycles. The summed E-state index contributed by atoms with van der Waals surface area (Å²) in [6, 6.07) is 7.45. The number of ether oxygens (including phenoxy) is 1. The highest BCUT2D eigenvalue weighted by molar-refractivity contribution is 7.09. The molecule has 0 spiro atoms. The Hall–Kier alpha value is -3.14. The predicted molar refractivity (Wildman–Crippen MR) is 126 cm³/mol. The van der Waals surface area contributed by atoms with E-state index in [-0.39, 0.29) is 6.03 Å². The van der Waals surface area contributed by atoms with E-state index in [1.54, 1.807) is 17.5 Å². The van der Waals surface area contributed by atoms with Crippen LogP contribution in [0.25, 0.3) is 0 Å². The highest BCUT2D eigenvalue weighted by Crippen LogP contribution is 2.20. The number of likely N-dealkylation sites (tertiary alicyclic amines) is 1. The van der Waals surface area contributed by atoms with Crippen LogP contribution in [-0.4, -0.2) is 53.4 Å². The standard InChI is InChI=1S/C21H25BN6O2S/c1-14-18(31-13-24-14)7-10-30-19-17(22)12-23-20(27-19)25-15-5-4-6-16(11-15)26-21(29)28-8-2-3-9-28/h4-6,11-13H,2-3,7-10,22H2,1H3,(H,26,29)(H,23,25,27). The Balaban J connectivity index is 1.38. The molecule has 0 aliphatic carbocycles. The molecule has 10 heteroatoms. The van der Waals surface area contributed by atoms with Crippen LogP contribution in [0.3, 0.4) is 0 Å². The van der Waals surface area contributed by atoms with Gasteiger partial charge in [-0.15, -0.1) is 11.3 Å². The molecule has 2 amide bonds. The molecule has 1 aromatic carbocycles. The Morgan fingerprint density at radius 1 is 1.26 bits per heavy atom. The van der Waals surface area contributed by atoms with Gasteiger partial charge in [0.05, 0.1) is 17.8 Å². The van der Waals surface area contributed by atoms with Gasteiger partial charge in [-0.1, -0.05) is 6.07 Å². The minimum atomic E-state index is -0.0619. The maximum absolute atomic E-state index is 12.3. The summed E-state index contributed by atoms with van der Waals surface area (Å²) in [5.41, 5.74) is 5.29. The molecule has 1 aliphatic rings. The Bertz CT molecular complexity index is 1050. The molecule has 3 aromatic rings. The number of anilines is 3. The number of amides is 2. The third-order valence-electron chi connectivity index (χ3n) is 5.10. The van der Waals surface area contributed by atoms with Crippen molar-refractivity contribution in [3.63, 3.8) is 0 Å². The molecule has 0 unspecified atom stereocenters. The molecule has 3 heterocycles. The molecule has 0 atom stereocenters. The molecular formula is C21H25BN6O2S. The summed E-state index contributed by atoms with van der Waals surface area (Å²) in [7, 11) is 1.92. The van der Waals surface area contributed by atoms with Crippen LogP contribution in [0, 0.1) is 6.92 Å². The van der Waals surface area contributed by atoms with Gasteiger partial charge >= 0.3 is 6.03 Å². The van der Waals surface area contributed by atoms with Gasteiger partial charge in [0.15, 0.2) is 0 Å². The summed E-state index contributed by atoms with van der Waals surface area (Å²) >= 11 is 1.64. The molecule has 160 valence electrons. The summed E-state index contributed by atoms with van der Waals surface area (Å²) in [4.78, 5) is 28.5. The minimum absolute atomic E-state index is 0.0619. The zero-order valence-electron chi connectivity index (χ0n) is 17.7. The molecule has 1 fully saturated rings. The number of nitrogens with zero attached hydrogens (tertiary/aromatic N) is 4. The van der Waals surface area contributed by atoms with Crippen LogP contribution in [0.4, 0.5) is 22.1 Å². The number of nitrogens with one attached hydrogen (secondary N) is 2. The normalized spacial score (nSPS) is 13.3. The number of urea groups is 1. The third-order valence-corrected chi connectivity index (χ3v) is 6.10. The number of benzene rings is 1. The van der Waals surface area contributed by atoms with Crippen molar-refractivity contribution in [2.75, 3.05) is 30.3 Å². The smallest absolute Gasteiger partial charge is 0.321 e. The van der Waals surface area contributed by atoms with Gasteiger partial charge in [-0.3, -0.25) is 0 Å². The molecule has 0 radical (unpaired) electrons. The highest BCUT2D eigenvalue weighted by Gasteiger charge is 2.17. The van der Waals surface area contributed by atoms with Crippen molar-refractivity contribution < 1.29 is 9.53 Å². The third kappa shape index (κ3) is 5.52. The molecule has 31 heavy (non-hydrogen) atoms. The number of thiazole rings is 1. The molecule has 0 bridgehead atoms. The van der Waals surface area contributed by atoms with Crippen LogP contribution in [0.5, 0.6) is 5.88 Å². The van der Waals surface area contributed by atoms with E-state index in [2.05, 4.69) is 25.6 Å². The lowest BCUT2D eigenvalue weighted by atomic mass is 10.00. The van der Waals surface area contributed by atoms with Gasteiger partial charge in [-0.05, 0) is 43.4 Å². The number of aromatic nitrogens is 3. The summed E-state index contributed by atoms with van der Waals surface area (Å²) < 4.78 is 5.90. The lowest BCUT2D eigenvalue weighted by Crippen LogP contribution is -2.32. The first-order valence-electron chi connectivity index (χ1n) is 10.4. The fourth-order valence-corrected chi connectivity index (χ4v) is 4.13. The van der Waals surface area contributed by atoms with Gasteiger partial charge in [0.2, 0.25) is 11.8 Å². The average Bonchev–Trinajstić information content (AvgIpc) is 3.43. The molecule has 2 aromatic heterocycles. The van der Waals surface area contributed by atoms with Gasteiger partial charge in [0.25, 0.3) is 0 Å². The Kier molecular flexibility index (Phi) is 6.66. The van der Waals surface area contributed by atoms with Gasteiger partial charge < -0.3 is 20.3 Å². The first-order valence-corrected chi connectivity index (χ1v) is 11.2. The number of hydrogen-bond acceptors (Lipinski definition) is 7. The van der Waals surface area contributed by atoms with Crippen molar-refractivity contribution in [3.05, 3.63) is 46.5 Å². The lowest BCUT2D eigenvalue weighted by molar-refractivity contribution is 0.222. The van der Waals surface area contributed by atoms with Crippen LogP contribution < -0.4 is 20.8 Å². The monoisotopic (exact) mass is 436 g/mol. The lowest BCUT2D eigenvalue weighted by Gasteiger charge is -2.16. The number of aryl methyl sites for hydroxylation is 1. The number of rotatable bonds is 7. The molecule has 0 saturated carbocycles. The van der Waals surface area contributed by atoms with Crippen LogP contribution in [-0.2, 0) is 6.42 Å². The summed E-state index contributed by atoms with van der Waals surface area (Å²) in [6.45, 7) is 4.16. The fraction of sp³-hybridized carbons (Fsp3) is 0.333. The summed E-state index contributed by atoms with van der Waals surface area (Å²) in [6.07, 6.45) is 4.66. The van der Waals surface area contributed by atoms with E-state index < -0.39 is 0 Å². The predicted octanol–water partition coefficient (Wildman–Crippen LogP) is 2.49. The summed E-state index contributed by atoms with van der Waals surface area (Å²) in [5, 5.41) is 6.15. The van der Waals surface area contributed by atoms with Gasteiger partial charge in [-0.2, -0.15) is 4.98 Å². The van der Waals surface area contributed by atoms with Crippen molar-refractivity contribution in [2.45, 2.75) is 26.2 Å². The van der Waals surface area contributed by atoms with E-state index in [9.17, 15) is 4.79 Å². The zero-order valence-corrected chi connectivity index (χ0v) is 18.5. The quantitative estimate of drug-likeness (QED) is 0.553. The van der Waals surface area contributed by atoms with E-state index in [0.29, 0.717) is 18.4 Å². The molecule has 1 saturated heterocycles. The Morgan fingerprint density at radius 3 is 2.84 bits per heavy atom. The number of hydrogen-bond donors (Lipinski definition) is 2. The van der Waals surface area contributed by atoms with Crippen molar-refractivity contribution in [3.8, 4) is 5.88 Å². The van der Waals surface area contributed by atoms with Crippen molar-refractivity contribution >= 4 is 48.0 Å².